The zero-order valence-electron chi connectivity index (χ0n) is 10.8. The van der Waals surface area contributed by atoms with Crippen molar-refractivity contribution in [2.24, 2.45) is 0 Å². The van der Waals surface area contributed by atoms with Gasteiger partial charge in [-0.25, -0.2) is 8.78 Å². The van der Waals surface area contributed by atoms with E-state index in [2.05, 4.69) is 4.98 Å². The van der Waals surface area contributed by atoms with Crippen LogP contribution in [-0.2, 0) is 6.42 Å². The quantitative estimate of drug-likeness (QED) is 0.914. The molecule has 1 atom stereocenters. The Morgan fingerprint density at radius 2 is 2.00 bits per heavy atom. The van der Waals surface area contributed by atoms with Crippen LogP contribution in [0.3, 0.4) is 0 Å². The highest BCUT2D eigenvalue weighted by atomic mass is 19.1. The van der Waals surface area contributed by atoms with E-state index in [1.165, 1.54) is 5.56 Å². The van der Waals surface area contributed by atoms with Gasteiger partial charge in [-0.05, 0) is 30.4 Å². The Morgan fingerprint density at radius 3 is 2.85 bits per heavy atom. The minimum atomic E-state index is -0.876. The lowest BCUT2D eigenvalue weighted by molar-refractivity contribution is 0.167. The van der Waals surface area contributed by atoms with Crippen LogP contribution in [0.5, 0.6) is 5.88 Å². The van der Waals surface area contributed by atoms with Crippen molar-refractivity contribution in [2.75, 3.05) is 5.73 Å². The molecule has 20 heavy (non-hydrogen) atoms. The van der Waals surface area contributed by atoms with Crippen LogP contribution in [0.15, 0.2) is 30.3 Å². The predicted molar refractivity (Wildman–Crippen MR) is 71.3 cm³/mol. The minimum Gasteiger partial charge on any atom is -0.467 e. The monoisotopic (exact) mass is 276 g/mol. The Balaban J connectivity index is 1.91. The lowest BCUT2D eigenvalue weighted by Gasteiger charge is -2.26. The SMILES string of the molecule is Nc1nc(OC2CCCc3ccccc32)c(F)cc1F. The van der Waals surface area contributed by atoms with Gasteiger partial charge in [0, 0.05) is 6.07 Å². The lowest BCUT2D eigenvalue weighted by Crippen LogP contribution is -2.16. The van der Waals surface area contributed by atoms with Crippen molar-refractivity contribution >= 4 is 5.82 Å². The van der Waals surface area contributed by atoms with Gasteiger partial charge in [0.25, 0.3) is 5.88 Å². The van der Waals surface area contributed by atoms with Gasteiger partial charge in [-0.1, -0.05) is 24.3 Å². The number of rotatable bonds is 2. The molecule has 1 aliphatic carbocycles. The number of halogens is 2. The number of aryl methyl sites for hydroxylation is 1. The van der Waals surface area contributed by atoms with E-state index in [4.69, 9.17) is 10.5 Å². The summed E-state index contributed by atoms with van der Waals surface area (Å²) in [4.78, 5) is 3.64. The van der Waals surface area contributed by atoms with E-state index in [0.29, 0.717) is 6.07 Å². The summed E-state index contributed by atoms with van der Waals surface area (Å²) in [6.45, 7) is 0. The maximum Gasteiger partial charge on any atom is 0.253 e. The number of ether oxygens (including phenoxy) is 1. The van der Waals surface area contributed by atoms with Gasteiger partial charge in [0.05, 0.1) is 0 Å². The lowest BCUT2D eigenvalue weighted by atomic mass is 9.89. The van der Waals surface area contributed by atoms with Gasteiger partial charge < -0.3 is 10.5 Å². The highest BCUT2D eigenvalue weighted by molar-refractivity contribution is 5.36. The molecule has 1 aromatic heterocycles. The van der Waals surface area contributed by atoms with Crippen LogP contribution in [0.25, 0.3) is 0 Å². The maximum absolute atomic E-state index is 13.7. The standard InChI is InChI=1S/C15H14F2N2O/c16-11-8-12(17)15(19-14(11)18)20-13-7-3-5-9-4-1-2-6-10(9)13/h1-2,4,6,8,13H,3,5,7H2,(H2,18,19). The first-order chi connectivity index (χ1) is 9.65. The Morgan fingerprint density at radius 1 is 1.20 bits per heavy atom. The second-order valence-electron chi connectivity index (χ2n) is 4.84. The van der Waals surface area contributed by atoms with Crippen molar-refractivity contribution in [3.63, 3.8) is 0 Å². The molecule has 3 rings (SSSR count). The average Bonchev–Trinajstić information content (AvgIpc) is 2.45. The summed E-state index contributed by atoms with van der Waals surface area (Å²) in [7, 11) is 0. The van der Waals surface area contributed by atoms with Gasteiger partial charge in [0.1, 0.15) is 6.10 Å². The molecule has 1 aliphatic rings. The van der Waals surface area contributed by atoms with Crippen molar-refractivity contribution in [3.8, 4) is 5.88 Å². The van der Waals surface area contributed by atoms with Crippen LogP contribution >= 0.6 is 0 Å². The third kappa shape index (κ3) is 2.31. The predicted octanol–water partition coefficient (Wildman–Crippen LogP) is 3.40. The maximum atomic E-state index is 13.7. The molecule has 2 N–H and O–H groups in total. The normalized spacial score (nSPS) is 17.6. The number of anilines is 1. The molecule has 1 heterocycles. The first-order valence-corrected chi connectivity index (χ1v) is 6.51. The third-order valence-corrected chi connectivity index (χ3v) is 3.49. The molecule has 0 radical (unpaired) electrons. The Hall–Kier alpha value is -2.17. The number of fused-ring (bicyclic) bond motifs is 1. The van der Waals surface area contributed by atoms with Crippen molar-refractivity contribution in [2.45, 2.75) is 25.4 Å². The molecule has 1 unspecified atom stereocenters. The highest BCUT2D eigenvalue weighted by Crippen LogP contribution is 2.34. The van der Waals surface area contributed by atoms with E-state index >= 15 is 0 Å². The second kappa shape index (κ2) is 5.07. The molecule has 0 amide bonds. The number of hydrogen-bond acceptors (Lipinski definition) is 3. The molecule has 0 bridgehead atoms. The number of pyridine rings is 1. The van der Waals surface area contributed by atoms with E-state index in [1.807, 2.05) is 24.3 Å². The van der Waals surface area contributed by atoms with Gasteiger partial charge in [-0.2, -0.15) is 4.98 Å². The molecule has 1 aromatic carbocycles. The van der Waals surface area contributed by atoms with E-state index in [1.54, 1.807) is 0 Å². The zero-order valence-corrected chi connectivity index (χ0v) is 10.8. The van der Waals surface area contributed by atoms with Crippen LogP contribution in [0.1, 0.15) is 30.1 Å². The topological polar surface area (TPSA) is 48.1 Å². The summed E-state index contributed by atoms with van der Waals surface area (Å²) in [6.07, 6.45) is 2.44. The molecule has 0 saturated carbocycles. The van der Waals surface area contributed by atoms with Gasteiger partial charge in [0.2, 0.25) is 0 Å². The Labute approximate surface area is 115 Å². The van der Waals surface area contributed by atoms with E-state index in [9.17, 15) is 8.78 Å². The molecule has 2 aromatic rings. The molecule has 0 aliphatic heterocycles. The summed E-state index contributed by atoms with van der Waals surface area (Å²) in [5.74, 6) is -2.31. The number of hydrogen-bond donors (Lipinski definition) is 1. The third-order valence-electron chi connectivity index (χ3n) is 3.49. The van der Waals surface area contributed by atoms with Crippen molar-refractivity contribution in [1.29, 1.82) is 0 Å². The van der Waals surface area contributed by atoms with Gasteiger partial charge in [-0.15, -0.1) is 0 Å². The van der Waals surface area contributed by atoms with E-state index in [0.717, 1.165) is 24.8 Å². The van der Waals surface area contributed by atoms with Crippen LogP contribution in [0.2, 0.25) is 0 Å². The van der Waals surface area contributed by atoms with E-state index in [-0.39, 0.29) is 17.8 Å². The summed E-state index contributed by atoms with van der Waals surface area (Å²) in [5, 5.41) is 0. The van der Waals surface area contributed by atoms with Crippen molar-refractivity contribution in [3.05, 3.63) is 53.1 Å². The highest BCUT2D eigenvalue weighted by Gasteiger charge is 2.23. The van der Waals surface area contributed by atoms with E-state index < -0.39 is 11.6 Å². The number of nitrogens with zero attached hydrogens (tertiary/aromatic N) is 1. The summed E-state index contributed by atoms with van der Waals surface area (Å²) in [6, 6.07) is 8.59. The smallest absolute Gasteiger partial charge is 0.253 e. The van der Waals surface area contributed by atoms with Crippen molar-refractivity contribution in [1.82, 2.24) is 4.98 Å². The fourth-order valence-corrected chi connectivity index (χ4v) is 2.51. The van der Waals surface area contributed by atoms with Gasteiger partial charge in [0.15, 0.2) is 17.5 Å². The van der Waals surface area contributed by atoms with Crippen LogP contribution in [0.4, 0.5) is 14.6 Å². The molecule has 0 saturated heterocycles. The molecule has 5 heteroatoms. The first kappa shape index (κ1) is 12.8. The molecule has 0 fully saturated rings. The minimum absolute atomic E-state index is 0.245. The molecule has 104 valence electrons. The Bertz CT molecular complexity index is 646. The zero-order chi connectivity index (χ0) is 14.1. The van der Waals surface area contributed by atoms with Crippen LogP contribution in [-0.4, -0.2) is 4.98 Å². The second-order valence-corrected chi connectivity index (χ2v) is 4.84. The van der Waals surface area contributed by atoms with Crippen LogP contribution in [0, 0.1) is 11.6 Å². The molecular formula is C15H14F2N2O. The fraction of sp³-hybridized carbons (Fsp3) is 0.267. The number of benzene rings is 1. The summed E-state index contributed by atoms with van der Waals surface area (Å²) < 4.78 is 32.4. The number of aromatic nitrogens is 1. The van der Waals surface area contributed by atoms with Gasteiger partial charge >= 0.3 is 0 Å². The van der Waals surface area contributed by atoms with Gasteiger partial charge in [-0.3, -0.25) is 0 Å². The number of nitrogen functional groups attached to an aromatic ring is 1. The molecule has 0 spiro atoms. The average molecular weight is 276 g/mol. The largest absolute Gasteiger partial charge is 0.467 e. The molecule has 3 nitrogen and oxygen atoms in total. The fourth-order valence-electron chi connectivity index (χ4n) is 2.51. The van der Waals surface area contributed by atoms with Crippen LogP contribution < -0.4 is 10.5 Å². The number of nitrogens with two attached hydrogens (primary N) is 1. The summed E-state index contributed by atoms with van der Waals surface area (Å²) >= 11 is 0. The van der Waals surface area contributed by atoms with Crippen molar-refractivity contribution < 1.29 is 13.5 Å². The Kier molecular flexibility index (Phi) is 3.26. The first-order valence-electron chi connectivity index (χ1n) is 6.51. The molecular weight excluding hydrogens is 262 g/mol. The summed E-state index contributed by atoms with van der Waals surface area (Å²) in [5.41, 5.74) is 7.58.